The lowest BCUT2D eigenvalue weighted by Crippen LogP contribution is -2.29. The van der Waals surface area contributed by atoms with Crippen LogP contribution < -0.4 is 16.0 Å². The van der Waals surface area contributed by atoms with Crippen molar-refractivity contribution in [3.8, 4) is 17.0 Å². The second-order valence-corrected chi connectivity index (χ2v) is 7.02. The van der Waals surface area contributed by atoms with Crippen LogP contribution in [0.2, 0.25) is 0 Å². The molecule has 4 rings (SSSR count). The molecule has 140 valence electrons. The summed E-state index contributed by atoms with van der Waals surface area (Å²) in [6.45, 7) is 1.89. The number of anilines is 1. The van der Waals surface area contributed by atoms with Gasteiger partial charge in [-0.2, -0.15) is 4.98 Å². The van der Waals surface area contributed by atoms with Gasteiger partial charge in [-0.1, -0.05) is 19.3 Å². The van der Waals surface area contributed by atoms with E-state index in [2.05, 4.69) is 15.0 Å². The SMILES string of the molecule is COc1ccc(-c2cc3c(C)nc(N)nc3n(C3CCCCC3)c2=O)cn1. The highest BCUT2D eigenvalue weighted by Gasteiger charge is 2.23. The Hall–Kier alpha value is -2.96. The highest BCUT2D eigenvalue weighted by molar-refractivity contribution is 5.84. The van der Waals surface area contributed by atoms with Gasteiger partial charge in [-0.15, -0.1) is 0 Å². The Balaban J connectivity index is 1.99. The third kappa shape index (κ3) is 3.13. The number of rotatable bonds is 3. The molecule has 27 heavy (non-hydrogen) atoms. The Morgan fingerprint density at radius 1 is 1.19 bits per heavy atom. The molecule has 1 saturated carbocycles. The molecule has 0 aliphatic heterocycles. The maximum atomic E-state index is 13.5. The fraction of sp³-hybridized carbons (Fsp3) is 0.400. The lowest BCUT2D eigenvalue weighted by atomic mass is 9.94. The van der Waals surface area contributed by atoms with E-state index in [0.717, 1.165) is 42.3 Å². The zero-order valence-electron chi connectivity index (χ0n) is 15.6. The first-order valence-corrected chi connectivity index (χ1v) is 9.28. The fourth-order valence-electron chi connectivity index (χ4n) is 3.92. The molecule has 3 heterocycles. The first-order valence-electron chi connectivity index (χ1n) is 9.28. The van der Waals surface area contributed by atoms with Crippen LogP contribution in [-0.2, 0) is 0 Å². The Labute approximate surface area is 157 Å². The second-order valence-electron chi connectivity index (χ2n) is 7.02. The van der Waals surface area contributed by atoms with Gasteiger partial charge in [-0.05, 0) is 31.9 Å². The van der Waals surface area contributed by atoms with Gasteiger partial charge in [0.05, 0.1) is 12.8 Å². The average molecular weight is 365 g/mol. The largest absolute Gasteiger partial charge is 0.481 e. The highest BCUT2D eigenvalue weighted by Crippen LogP contribution is 2.31. The maximum absolute atomic E-state index is 13.5. The molecule has 2 N–H and O–H groups in total. The van der Waals surface area contributed by atoms with E-state index in [1.807, 2.05) is 23.6 Å². The zero-order valence-corrected chi connectivity index (χ0v) is 15.6. The molecule has 1 aliphatic carbocycles. The number of hydrogen-bond donors (Lipinski definition) is 1. The summed E-state index contributed by atoms with van der Waals surface area (Å²) in [5.74, 6) is 0.710. The summed E-state index contributed by atoms with van der Waals surface area (Å²) < 4.78 is 6.96. The number of aryl methyl sites for hydroxylation is 1. The van der Waals surface area contributed by atoms with E-state index >= 15 is 0 Å². The Morgan fingerprint density at radius 3 is 2.63 bits per heavy atom. The van der Waals surface area contributed by atoms with E-state index in [4.69, 9.17) is 10.5 Å². The molecular formula is C20H23N5O2. The molecule has 7 nitrogen and oxygen atoms in total. The lowest BCUT2D eigenvalue weighted by molar-refractivity contribution is 0.353. The molecule has 0 saturated heterocycles. The first kappa shape index (κ1) is 17.5. The van der Waals surface area contributed by atoms with Crippen molar-refractivity contribution in [2.24, 2.45) is 0 Å². The monoisotopic (exact) mass is 365 g/mol. The molecule has 3 aromatic heterocycles. The molecule has 0 spiro atoms. The number of hydrogen-bond acceptors (Lipinski definition) is 6. The van der Waals surface area contributed by atoms with Crippen LogP contribution in [0.25, 0.3) is 22.2 Å². The van der Waals surface area contributed by atoms with Crippen molar-refractivity contribution in [1.29, 1.82) is 0 Å². The molecule has 0 bridgehead atoms. The third-order valence-corrected chi connectivity index (χ3v) is 5.30. The summed E-state index contributed by atoms with van der Waals surface area (Å²) in [6.07, 6.45) is 7.06. The lowest BCUT2D eigenvalue weighted by Gasteiger charge is -2.26. The molecule has 1 fully saturated rings. The van der Waals surface area contributed by atoms with E-state index in [-0.39, 0.29) is 17.5 Å². The average Bonchev–Trinajstić information content (AvgIpc) is 2.68. The number of pyridine rings is 2. The summed E-state index contributed by atoms with van der Waals surface area (Å²) in [4.78, 5) is 26.4. The number of nitrogens with two attached hydrogens (primary N) is 1. The van der Waals surface area contributed by atoms with Crippen LogP contribution in [0, 0.1) is 6.92 Å². The van der Waals surface area contributed by atoms with Crippen molar-refractivity contribution < 1.29 is 4.74 Å². The van der Waals surface area contributed by atoms with Crippen LogP contribution >= 0.6 is 0 Å². The molecule has 0 aromatic carbocycles. The highest BCUT2D eigenvalue weighted by atomic mass is 16.5. The van der Waals surface area contributed by atoms with Gasteiger partial charge in [-0.3, -0.25) is 9.36 Å². The Morgan fingerprint density at radius 2 is 1.96 bits per heavy atom. The van der Waals surface area contributed by atoms with Gasteiger partial charge in [-0.25, -0.2) is 9.97 Å². The molecule has 0 amide bonds. The number of fused-ring (bicyclic) bond motifs is 1. The molecule has 3 aromatic rings. The normalized spacial score (nSPS) is 15.2. The van der Waals surface area contributed by atoms with Gasteiger partial charge in [0, 0.05) is 34.8 Å². The maximum Gasteiger partial charge on any atom is 0.260 e. The molecule has 1 aliphatic rings. The van der Waals surface area contributed by atoms with Crippen LogP contribution in [-0.4, -0.2) is 26.6 Å². The van der Waals surface area contributed by atoms with Crippen molar-refractivity contribution in [2.75, 3.05) is 12.8 Å². The van der Waals surface area contributed by atoms with Gasteiger partial charge in [0.15, 0.2) is 0 Å². The van der Waals surface area contributed by atoms with E-state index in [1.54, 1.807) is 19.4 Å². The van der Waals surface area contributed by atoms with Crippen LogP contribution in [0.3, 0.4) is 0 Å². The van der Waals surface area contributed by atoms with Gasteiger partial charge >= 0.3 is 0 Å². The van der Waals surface area contributed by atoms with E-state index in [9.17, 15) is 4.79 Å². The van der Waals surface area contributed by atoms with Crippen molar-refractivity contribution in [2.45, 2.75) is 45.1 Å². The summed E-state index contributed by atoms with van der Waals surface area (Å²) in [6, 6.07) is 5.60. The van der Waals surface area contributed by atoms with Crippen LogP contribution in [0.5, 0.6) is 5.88 Å². The van der Waals surface area contributed by atoms with E-state index in [0.29, 0.717) is 17.1 Å². The number of aromatic nitrogens is 4. The van der Waals surface area contributed by atoms with Crippen LogP contribution in [0.15, 0.2) is 29.2 Å². The third-order valence-electron chi connectivity index (χ3n) is 5.30. The van der Waals surface area contributed by atoms with E-state index < -0.39 is 0 Å². The van der Waals surface area contributed by atoms with Crippen LogP contribution in [0.1, 0.15) is 43.8 Å². The van der Waals surface area contributed by atoms with Gasteiger partial charge in [0.2, 0.25) is 11.8 Å². The second kappa shape index (κ2) is 6.98. The summed E-state index contributed by atoms with van der Waals surface area (Å²) in [5, 5.41) is 0.847. The summed E-state index contributed by atoms with van der Waals surface area (Å²) >= 11 is 0. The van der Waals surface area contributed by atoms with E-state index in [1.165, 1.54) is 6.42 Å². The van der Waals surface area contributed by atoms with Crippen molar-refractivity contribution in [1.82, 2.24) is 19.5 Å². The number of ether oxygens (including phenoxy) is 1. The summed E-state index contributed by atoms with van der Waals surface area (Å²) in [7, 11) is 1.57. The quantitative estimate of drug-likeness (QED) is 0.765. The predicted molar refractivity (Wildman–Crippen MR) is 105 cm³/mol. The minimum Gasteiger partial charge on any atom is -0.481 e. The first-order chi connectivity index (χ1) is 13.1. The minimum atomic E-state index is -0.0566. The number of methoxy groups -OCH3 is 1. The number of nitrogen functional groups attached to an aromatic ring is 1. The smallest absolute Gasteiger partial charge is 0.260 e. The Kier molecular flexibility index (Phi) is 4.51. The number of nitrogens with zero attached hydrogens (tertiary/aromatic N) is 4. The standard InChI is InChI=1S/C20H23N5O2/c1-12-15-10-16(13-8-9-17(27-2)22-11-13)19(26)25(14-6-4-3-5-7-14)18(15)24-20(21)23-12/h8-11,14H,3-7H2,1-2H3,(H2,21,23,24). The van der Waals surface area contributed by atoms with Crippen molar-refractivity contribution in [3.05, 3.63) is 40.4 Å². The molecule has 7 heteroatoms. The molecule has 0 atom stereocenters. The molecule has 0 radical (unpaired) electrons. The van der Waals surface area contributed by atoms with Gasteiger partial charge in [0.25, 0.3) is 5.56 Å². The van der Waals surface area contributed by atoms with Crippen molar-refractivity contribution >= 4 is 17.0 Å². The zero-order chi connectivity index (χ0) is 19.0. The van der Waals surface area contributed by atoms with Gasteiger partial charge < -0.3 is 10.5 Å². The van der Waals surface area contributed by atoms with Gasteiger partial charge in [0.1, 0.15) is 5.65 Å². The topological polar surface area (TPSA) is 95.9 Å². The molecular weight excluding hydrogens is 342 g/mol. The van der Waals surface area contributed by atoms with Crippen LogP contribution in [0.4, 0.5) is 5.95 Å². The summed E-state index contributed by atoms with van der Waals surface area (Å²) in [5.41, 5.74) is 8.58. The Bertz CT molecular complexity index is 1040. The predicted octanol–water partition coefficient (Wildman–Crippen LogP) is 3.26. The minimum absolute atomic E-state index is 0.0566. The van der Waals surface area contributed by atoms with Crippen molar-refractivity contribution in [3.63, 3.8) is 0 Å². The fourth-order valence-corrected chi connectivity index (χ4v) is 3.92. The molecule has 0 unspecified atom stereocenters.